The number of anilines is 1. The first kappa shape index (κ1) is 18.8. The first-order valence-electron chi connectivity index (χ1n) is 10.4. The SMILES string of the molecule is Cc1cccc(-n2cc(-c3ccc(F)cc3)c3c(NC4CCNCC4)ncnc32)c1. The molecule has 30 heavy (non-hydrogen) atoms. The minimum atomic E-state index is -0.245. The van der Waals surface area contributed by atoms with E-state index in [1.54, 1.807) is 6.33 Å². The van der Waals surface area contributed by atoms with Crippen LogP contribution in [0.3, 0.4) is 0 Å². The fourth-order valence-electron chi connectivity index (χ4n) is 4.15. The summed E-state index contributed by atoms with van der Waals surface area (Å²) in [5.74, 6) is 0.586. The van der Waals surface area contributed by atoms with Crippen LogP contribution in [0.1, 0.15) is 18.4 Å². The summed E-state index contributed by atoms with van der Waals surface area (Å²) in [5, 5.41) is 8.00. The van der Waals surface area contributed by atoms with E-state index in [1.165, 1.54) is 17.7 Å². The molecule has 0 spiro atoms. The quantitative estimate of drug-likeness (QED) is 0.521. The van der Waals surface area contributed by atoms with Crippen LogP contribution in [0.5, 0.6) is 0 Å². The van der Waals surface area contributed by atoms with Gasteiger partial charge in [-0.1, -0.05) is 24.3 Å². The number of aromatic nitrogens is 3. The summed E-state index contributed by atoms with van der Waals surface area (Å²) in [6.45, 7) is 4.08. The molecule has 4 aromatic rings. The first-order chi connectivity index (χ1) is 14.7. The van der Waals surface area contributed by atoms with Crippen LogP contribution in [0.15, 0.2) is 61.1 Å². The standard InChI is InChI=1S/C24H24FN5/c1-16-3-2-4-20(13-16)30-14-21(17-5-7-18(25)8-6-17)22-23(27-15-28-24(22)30)29-19-9-11-26-12-10-19/h2-8,13-15,19,26H,9-12H2,1H3,(H,27,28,29). The number of fused-ring (bicyclic) bond motifs is 1. The normalized spacial score (nSPS) is 14.9. The summed E-state index contributed by atoms with van der Waals surface area (Å²) in [6, 6.07) is 15.3. The molecule has 5 rings (SSSR count). The molecule has 1 aliphatic rings. The van der Waals surface area contributed by atoms with E-state index < -0.39 is 0 Å². The van der Waals surface area contributed by atoms with Gasteiger partial charge in [-0.3, -0.25) is 0 Å². The molecule has 0 unspecified atom stereocenters. The maximum atomic E-state index is 13.6. The van der Waals surface area contributed by atoms with Crippen molar-refractivity contribution in [3.63, 3.8) is 0 Å². The molecule has 0 aliphatic carbocycles. The lowest BCUT2D eigenvalue weighted by atomic mass is 10.0. The summed E-state index contributed by atoms with van der Waals surface area (Å²) < 4.78 is 15.7. The average Bonchev–Trinajstić information content (AvgIpc) is 3.16. The van der Waals surface area contributed by atoms with Crippen molar-refractivity contribution < 1.29 is 4.39 Å². The van der Waals surface area contributed by atoms with Gasteiger partial charge in [0.2, 0.25) is 0 Å². The van der Waals surface area contributed by atoms with Gasteiger partial charge in [-0.05, 0) is 68.2 Å². The van der Waals surface area contributed by atoms with Crippen molar-refractivity contribution >= 4 is 16.9 Å². The molecule has 3 heterocycles. The molecule has 1 saturated heterocycles. The Bertz CT molecular complexity index is 1180. The second-order valence-corrected chi connectivity index (χ2v) is 7.85. The molecule has 152 valence electrons. The van der Waals surface area contributed by atoms with Gasteiger partial charge < -0.3 is 15.2 Å². The number of rotatable bonds is 4. The molecule has 1 aliphatic heterocycles. The molecule has 0 atom stereocenters. The zero-order valence-corrected chi connectivity index (χ0v) is 16.9. The molecule has 5 nitrogen and oxygen atoms in total. The Morgan fingerprint density at radius 1 is 1.07 bits per heavy atom. The van der Waals surface area contributed by atoms with Crippen LogP contribution in [0.25, 0.3) is 27.8 Å². The van der Waals surface area contributed by atoms with E-state index in [2.05, 4.69) is 56.5 Å². The molecule has 6 heteroatoms. The maximum absolute atomic E-state index is 13.6. The highest BCUT2D eigenvalue weighted by Crippen LogP contribution is 2.36. The highest BCUT2D eigenvalue weighted by molar-refractivity contribution is 6.02. The number of piperidine rings is 1. The van der Waals surface area contributed by atoms with Crippen molar-refractivity contribution in [3.05, 3.63) is 72.4 Å². The number of hydrogen-bond acceptors (Lipinski definition) is 4. The highest BCUT2D eigenvalue weighted by Gasteiger charge is 2.20. The van der Waals surface area contributed by atoms with Crippen molar-refractivity contribution in [2.45, 2.75) is 25.8 Å². The molecule has 2 aromatic carbocycles. The van der Waals surface area contributed by atoms with Gasteiger partial charge in [0.1, 0.15) is 18.0 Å². The molecule has 0 radical (unpaired) electrons. The molecule has 2 N–H and O–H groups in total. The van der Waals surface area contributed by atoms with E-state index in [0.717, 1.165) is 59.6 Å². The first-order valence-corrected chi connectivity index (χ1v) is 10.4. The Balaban J connectivity index is 1.70. The van der Waals surface area contributed by atoms with Gasteiger partial charge in [0.15, 0.2) is 5.65 Å². The van der Waals surface area contributed by atoms with Crippen molar-refractivity contribution in [1.82, 2.24) is 19.9 Å². The fraction of sp³-hybridized carbons (Fsp3) is 0.250. The molecule has 2 aromatic heterocycles. The molecule has 0 amide bonds. The van der Waals surface area contributed by atoms with Gasteiger partial charge in [-0.15, -0.1) is 0 Å². The smallest absolute Gasteiger partial charge is 0.150 e. The van der Waals surface area contributed by atoms with Gasteiger partial charge in [-0.25, -0.2) is 14.4 Å². The highest BCUT2D eigenvalue weighted by atomic mass is 19.1. The minimum Gasteiger partial charge on any atom is -0.367 e. The molecule has 0 bridgehead atoms. The zero-order valence-electron chi connectivity index (χ0n) is 16.9. The number of halogens is 1. The third-order valence-electron chi connectivity index (χ3n) is 5.70. The van der Waals surface area contributed by atoms with E-state index in [4.69, 9.17) is 0 Å². The monoisotopic (exact) mass is 401 g/mol. The van der Waals surface area contributed by atoms with Crippen LogP contribution in [0.2, 0.25) is 0 Å². The second kappa shape index (κ2) is 7.88. The number of nitrogens with one attached hydrogen (secondary N) is 2. The summed E-state index contributed by atoms with van der Waals surface area (Å²) in [7, 11) is 0. The number of benzene rings is 2. The Morgan fingerprint density at radius 3 is 2.63 bits per heavy atom. The van der Waals surface area contributed by atoms with Crippen LogP contribution in [0.4, 0.5) is 10.2 Å². The average molecular weight is 401 g/mol. The van der Waals surface area contributed by atoms with Gasteiger partial charge in [-0.2, -0.15) is 0 Å². The molecule has 0 saturated carbocycles. The van der Waals surface area contributed by atoms with Crippen LogP contribution in [0, 0.1) is 12.7 Å². The largest absolute Gasteiger partial charge is 0.367 e. The lowest BCUT2D eigenvalue weighted by molar-refractivity contribution is 0.478. The molecule has 1 fully saturated rings. The van der Waals surface area contributed by atoms with Crippen molar-refractivity contribution in [2.75, 3.05) is 18.4 Å². The summed E-state index contributed by atoms with van der Waals surface area (Å²) in [6.07, 6.45) is 5.80. The Kier molecular flexibility index (Phi) is 4.93. The third-order valence-corrected chi connectivity index (χ3v) is 5.70. The maximum Gasteiger partial charge on any atom is 0.150 e. The van der Waals surface area contributed by atoms with Crippen LogP contribution in [-0.4, -0.2) is 33.7 Å². The predicted molar refractivity (Wildman–Crippen MR) is 119 cm³/mol. The molecular weight excluding hydrogens is 377 g/mol. The molecular formula is C24H24FN5. The van der Waals surface area contributed by atoms with E-state index in [-0.39, 0.29) is 5.82 Å². The van der Waals surface area contributed by atoms with E-state index >= 15 is 0 Å². The van der Waals surface area contributed by atoms with Gasteiger partial charge in [0.25, 0.3) is 0 Å². The minimum absolute atomic E-state index is 0.245. The topological polar surface area (TPSA) is 54.8 Å². The van der Waals surface area contributed by atoms with Gasteiger partial charge >= 0.3 is 0 Å². The Hall–Kier alpha value is -3.25. The Morgan fingerprint density at radius 2 is 1.87 bits per heavy atom. The van der Waals surface area contributed by atoms with Crippen LogP contribution >= 0.6 is 0 Å². The van der Waals surface area contributed by atoms with E-state index in [0.29, 0.717) is 6.04 Å². The van der Waals surface area contributed by atoms with Crippen molar-refractivity contribution in [3.8, 4) is 16.8 Å². The van der Waals surface area contributed by atoms with E-state index in [9.17, 15) is 4.39 Å². The van der Waals surface area contributed by atoms with Crippen LogP contribution in [-0.2, 0) is 0 Å². The lowest BCUT2D eigenvalue weighted by Gasteiger charge is -2.24. The second-order valence-electron chi connectivity index (χ2n) is 7.85. The number of hydrogen-bond donors (Lipinski definition) is 2. The predicted octanol–water partition coefficient (Wildman–Crippen LogP) is 4.70. The summed E-state index contributed by atoms with van der Waals surface area (Å²) in [5.41, 5.74) is 4.99. The lowest BCUT2D eigenvalue weighted by Crippen LogP contribution is -2.35. The third kappa shape index (κ3) is 3.55. The summed E-state index contributed by atoms with van der Waals surface area (Å²) >= 11 is 0. The fourth-order valence-corrected chi connectivity index (χ4v) is 4.15. The zero-order chi connectivity index (χ0) is 20.5. The van der Waals surface area contributed by atoms with E-state index in [1.807, 2.05) is 18.2 Å². The Labute approximate surface area is 175 Å². The van der Waals surface area contributed by atoms with Crippen LogP contribution < -0.4 is 10.6 Å². The van der Waals surface area contributed by atoms with Crippen molar-refractivity contribution in [1.29, 1.82) is 0 Å². The van der Waals surface area contributed by atoms with Gasteiger partial charge in [0, 0.05) is 23.5 Å². The van der Waals surface area contributed by atoms with Gasteiger partial charge in [0.05, 0.1) is 5.39 Å². The number of aryl methyl sites for hydroxylation is 1. The summed E-state index contributed by atoms with van der Waals surface area (Å²) in [4.78, 5) is 9.23. The van der Waals surface area contributed by atoms with Crippen molar-refractivity contribution in [2.24, 2.45) is 0 Å². The number of nitrogens with zero attached hydrogens (tertiary/aromatic N) is 3.